The van der Waals surface area contributed by atoms with Gasteiger partial charge in [0, 0.05) is 18.7 Å². The molecule has 0 amide bonds. The number of ether oxygens (including phenoxy) is 1. The minimum atomic E-state index is -0.0741. The molecule has 1 aliphatic rings. The number of nitrogens with zero attached hydrogens (tertiary/aromatic N) is 1. The number of aromatic nitrogens is 1. The Bertz CT molecular complexity index is 617. The molecular formula is C17H20N2O. The quantitative estimate of drug-likeness (QED) is 0.921. The lowest BCUT2D eigenvalue weighted by Crippen LogP contribution is -2.24. The van der Waals surface area contributed by atoms with Crippen LogP contribution in [0, 0.1) is 6.92 Å². The van der Waals surface area contributed by atoms with Gasteiger partial charge in [0.2, 0.25) is 0 Å². The molecule has 2 heterocycles. The van der Waals surface area contributed by atoms with Gasteiger partial charge in [-0.1, -0.05) is 12.1 Å². The van der Waals surface area contributed by atoms with E-state index in [0.717, 1.165) is 30.1 Å². The summed E-state index contributed by atoms with van der Waals surface area (Å²) >= 11 is 0. The lowest BCUT2D eigenvalue weighted by molar-refractivity contribution is 0.138. The van der Waals surface area contributed by atoms with Crippen LogP contribution in [0.3, 0.4) is 0 Å². The van der Waals surface area contributed by atoms with Crippen LogP contribution in [0.15, 0.2) is 36.5 Å². The zero-order chi connectivity index (χ0) is 14.2. The number of hydrogen-bond donors (Lipinski definition) is 1. The fraction of sp³-hybridized carbons (Fsp3) is 0.353. The van der Waals surface area contributed by atoms with Crippen LogP contribution < -0.4 is 10.1 Å². The van der Waals surface area contributed by atoms with E-state index >= 15 is 0 Å². The fourth-order valence-electron chi connectivity index (χ4n) is 2.55. The Morgan fingerprint density at radius 1 is 1.25 bits per heavy atom. The van der Waals surface area contributed by atoms with Crippen molar-refractivity contribution in [1.82, 2.24) is 4.98 Å². The predicted molar refractivity (Wildman–Crippen MR) is 81.2 cm³/mol. The maximum atomic E-state index is 5.89. The highest BCUT2D eigenvalue weighted by Crippen LogP contribution is 2.35. The molecule has 1 aromatic carbocycles. The van der Waals surface area contributed by atoms with Gasteiger partial charge in [0.25, 0.3) is 0 Å². The monoisotopic (exact) mass is 268 g/mol. The van der Waals surface area contributed by atoms with Gasteiger partial charge in [0.1, 0.15) is 11.4 Å². The minimum absolute atomic E-state index is 0.0741. The van der Waals surface area contributed by atoms with Crippen molar-refractivity contribution in [2.24, 2.45) is 0 Å². The number of aryl methyl sites for hydroxylation is 1. The normalized spacial score (nSPS) is 15.6. The number of anilines is 1. The second-order valence-corrected chi connectivity index (χ2v) is 6.02. The van der Waals surface area contributed by atoms with E-state index in [1.807, 2.05) is 19.2 Å². The zero-order valence-electron chi connectivity index (χ0n) is 12.2. The number of pyridine rings is 1. The smallest absolute Gasteiger partial charge is 0.123 e. The Morgan fingerprint density at radius 2 is 2.10 bits per heavy atom. The first-order valence-corrected chi connectivity index (χ1v) is 6.99. The van der Waals surface area contributed by atoms with Crippen LogP contribution in [0.4, 0.5) is 5.69 Å². The van der Waals surface area contributed by atoms with E-state index in [-0.39, 0.29) is 5.60 Å². The summed E-state index contributed by atoms with van der Waals surface area (Å²) < 4.78 is 5.89. The molecule has 0 spiro atoms. The summed E-state index contributed by atoms with van der Waals surface area (Å²) in [7, 11) is 0. The van der Waals surface area contributed by atoms with Gasteiger partial charge in [-0.3, -0.25) is 4.98 Å². The number of fused-ring (bicyclic) bond motifs is 1. The van der Waals surface area contributed by atoms with Crippen LogP contribution in [-0.4, -0.2) is 10.6 Å². The lowest BCUT2D eigenvalue weighted by atomic mass is 10.0. The average molecular weight is 268 g/mol. The molecule has 3 heteroatoms. The zero-order valence-corrected chi connectivity index (χ0v) is 12.2. The highest BCUT2D eigenvalue weighted by atomic mass is 16.5. The third kappa shape index (κ3) is 2.77. The van der Waals surface area contributed by atoms with E-state index in [0.29, 0.717) is 0 Å². The first-order valence-electron chi connectivity index (χ1n) is 6.99. The summed E-state index contributed by atoms with van der Waals surface area (Å²) in [5.74, 6) is 1.02. The topological polar surface area (TPSA) is 34.1 Å². The van der Waals surface area contributed by atoms with Crippen molar-refractivity contribution in [3.8, 4) is 5.75 Å². The first kappa shape index (κ1) is 13.0. The number of benzene rings is 1. The predicted octanol–water partition coefficient (Wildman–Crippen LogP) is 3.72. The van der Waals surface area contributed by atoms with Crippen molar-refractivity contribution < 1.29 is 4.74 Å². The van der Waals surface area contributed by atoms with Crippen molar-refractivity contribution in [1.29, 1.82) is 0 Å². The molecule has 20 heavy (non-hydrogen) atoms. The SMILES string of the molecule is Cc1ccc(NCc2ccc3c(c2)CC(C)(C)O3)cn1. The molecular weight excluding hydrogens is 248 g/mol. The van der Waals surface area contributed by atoms with Crippen molar-refractivity contribution in [2.45, 2.75) is 39.3 Å². The number of nitrogens with one attached hydrogen (secondary N) is 1. The average Bonchev–Trinajstić information content (AvgIpc) is 2.71. The summed E-state index contributed by atoms with van der Waals surface area (Å²) in [4.78, 5) is 4.29. The third-order valence-electron chi connectivity index (χ3n) is 3.54. The summed E-state index contributed by atoms with van der Waals surface area (Å²) in [6.45, 7) is 7.05. The van der Waals surface area contributed by atoms with E-state index in [1.165, 1.54) is 11.1 Å². The van der Waals surface area contributed by atoms with E-state index in [9.17, 15) is 0 Å². The Kier molecular flexibility index (Phi) is 3.13. The molecule has 0 bridgehead atoms. The molecule has 104 valence electrons. The second-order valence-electron chi connectivity index (χ2n) is 6.02. The molecule has 1 aromatic heterocycles. The van der Waals surface area contributed by atoms with Crippen molar-refractivity contribution >= 4 is 5.69 Å². The molecule has 3 nitrogen and oxygen atoms in total. The minimum Gasteiger partial charge on any atom is -0.487 e. The molecule has 0 saturated carbocycles. The molecule has 0 fully saturated rings. The van der Waals surface area contributed by atoms with Gasteiger partial charge in [-0.05, 0) is 50.1 Å². The highest BCUT2D eigenvalue weighted by molar-refractivity contribution is 5.45. The van der Waals surface area contributed by atoms with Crippen molar-refractivity contribution in [3.63, 3.8) is 0 Å². The third-order valence-corrected chi connectivity index (χ3v) is 3.54. The molecule has 2 aromatic rings. The van der Waals surface area contributed by atoms with Gasteiger partial charge in [-0.15, -0.1) is 0 Å². The van der Waals surface area contributed by atoms with Gasteiger partial charge in [-0.2, -0.15) is 0 Å². The van der Waals surface area contributed by atoms with Crippen molar-refractivity contribution in [2.75, 3.05) is 5.32 Å². The van der Waals surface area contributed by atoms with E-state index in [1.54, 1.807) is 0 Å². The molecule has 0 atom stereocenters. The van der Waals surface area contributed by atoms with Gasteiger partial charge in [0.05, 0.1) is 11.9 Å². The van der Waals surface area contributed by atoms with E-state index < -0.39 is 0 Å². The molecule has 0 aliphatic carbocycles. The van der Waals surface area contributed by atoms with Gasteiger partial charge >= 0.3 is 0 Å². The Hall–Kier alpha value is -2.03. The Balaban J connectivity index is 1.69. The summed E-state index contributed by atoms with van der Waals surface area (Å²) in [6, 6.07) is 10.5. The second kappa shape index (κ2) is 4.82. The van der Waals surface area contributed by atoms with Crippen LogP contribution in [0.5, 0.6) is 5.75 Å². The molecule has 3 rings (SSSR count). The number of rotatable bonds is 3. The first-order chi connectivity index (χ1) is 9.52. The standard InChI is InChI=1S/C17H20N2O/c1-12-4-6-15(11-18-12)19-10-13-5-7-16-14(8-13)9-17(2,3)20-16/h4-8,11,19H,9-10H2,1-3H3. The largest absolute Gasteiger partial charge is 0.487 e. The molecule has 1 N–H and O–H groups in total. The van der Waals surface area contributed by atoms with E-state index in [2.05, 4.69) is 48.4 Å². The van der Waals surface area contributed by atoms with Gasteiger partial charge in [-0.25, -0.2) is 0 Å². The number of hydrogen-bond acceptors (Lipinski definition) is 3. The maximum absolute atomic E-state index is 5.89. The van der Waals surface area contributed by atoms with Gasteiger partial charge < -0.3 is 10.1 Å². The van der Waals surface area contributed by atoms with Crippen LogP contribution in [-0.2, 0) is 13.0 Å². The van der Waals surface area contributed by atoms with Crippen LogP contribution in [0.2, 0.25) is 0 Å². The van der Waals surface area contributed by atoms with Gasteiger partial charge in [0.15, 0.2) is 0 Å². The van der Waals surface area contributed by atoms with Crippen LogP contribution >= 0.6 is 0 Å². The van der Waals surface area contributed by atoms with Crippen LogP contribution in [0.1, 0.15) is 30.7 Å². The molecule has 0 saturated heterocycles. The summed E-state index contributed by atoms with van der Waals surface area (Å²) in [6.07, 6.45) is 2.84. The Labute approximate surface area is 120 Å². The highest BCUT2D eigenvalue weighted by Gasteiger charge is 2.29. The van der Waals surface area contributed by atoms with Crippen LogP contribution in [0.25, 0.3) is 0 Å². The van der Waals surface area contributed by atoms with E-state index in [4.69, 9.17) is 4.74 Å². The van der Waals surface area contributed by atoms with Crippen molar-refractivity contribution in [3.05, 3.63) is 53.3 Å². The summed E-state index contributed by atoms with van der Waals surface area (Å²) in [5, 5.41) is 3.40. The molecule has 0 radical (unpaired) electrons. The molecule has 0 unspecified atom stereocenters. The maximum Gasteiger partial charge on any atom is 0.123 e. The lowest BCUT2D eigenvalue weighted by Gasteiger charge is -2.16. The fourth-order valence-corrected chi connectivity index (χ4v) is 2.55. The Morgan fingerprint density at radius 3 is 2.85 bits per heavy atom. The molecule has 1 aliphatic heterocycles. The summed E-state index contributed by atoms with van der Waals surface area (Å²) in [5.41, 5.74) is 4.58.